The molecular formula is C14H21NO7S. The first-order valence-corrected chi connectivity index (χ1v) is 8.65. The van der Waals surface area contributed by atoms with E-state index in [1.54, 1.807) is 6.92 Å². The fourth-order valence-electron chi connectivity index (χ4n) is 1.90. The smallest absolute Gasteiger partial charge is 0.374 e. The van der Waals surface area contributed by atoms with Crippen molar-refractivity contribution >= 4 is 22.0 Å². The highest BCUT2D eigenvalue weighted by atomic mass is 32.2. The van der Waals surface area contributed by atoms with Crippen LogP contribution in [0.1, 0.15) is 37.7 Å². The third-order valence-corrected chi connectivity index (χ3v) is 4.24. The van der Waals surface area contributed by atoms with Crippen LogP contribution in [0, 0.1) is 11.8 Å². The zero-order valence-corrected chi connectivity index (χ0v) is 14.1. The van der Waals surface area contributed by atoms with Gasteiger partial charge < -0.3 is 14.3 Å². The number of carbonyl (C=O) groups excluding carboxylic acids is 1. The van der Waals surface area contributed by atoms with Crippen LogP contribution in [0.4, 0.5) is 0 Å². The first-order chi connectivity index (χ1) is 10.7. The van der Waals surface area contributed by atoms with Gasteiger partial charge >= 0.3 is 11.9 Å². The maximum Gasteiger partial charge on any atom is 0.374 e. The summed E-state index contributed by atoms with van der Waals surface area (Å²) in [5.74, 6) is -2.81. The van der Waals surface area contributed by atoms with E-state index < -0.39 is 33.0 Å². The van der Waals surface area contributed by atoms with E-state index in [9.17, 15) is 18.0 Å². The summed E-state index contributed by atoms with van der Waals surface area (Å²) in [4.78, 5) is 22.6. The number of carboxylic acids is 1. The Morgan fingerprint density at radius 1 is 1.35 bits per heavy atom. The summed E-state index contributed by atoms with van der Waals surface area (Å²) in [6, 6.07) is 2.31. The molecule has 0 aliphatic carbocycles. The van der Waals surface area contributed by atoms with Gasteiger partial charge in [0.15, 0.2) is 0 Å². The monoisotopic (exact) mass is 347 g/mol. The summed E-state index contributed by atoms with van der Waals surface area (Å²) in [7, 11) is -4.04. The first-order valence-electron chi connectivity index (χ1n) is 7.16. The largest absolute Gasteiger partial charge is 0.481 e. The second-order valence-electron chi connectivity index (χ2n) is 5.36. The molecule has 0 aliphatic heterocycles. The molecule has 0 spiro atoms. The van der Waals surface area contributed by atoms with Crippen LogP contribution in [-0.4, -0.2) is 38.6 Å². The molecule has 0 bridgehead atoms. The number of aliphatic carboxylic acids is 1. The molecule has 0 saturated heterocycles. The quantitative estimate of drug-likeness (QED) is 0.649. The molecule has 1 rings (SSSR count). The molecule has 1 unspecified atom stereocenters. The third-order valence-electron chi connectivity index (χ3n) is 2.95. The lowest BCUT2D eigenvalue weighted by Crippen LogP contribution is -2.33. The number of hydrogen-bond donors (Lipinski definition) is 2. The normalized spacial score (nSPS) is 13.0. The number of ether oxygens (including phenoxy) is 1. The fraction of sp³-hybridized carbons (Fsp3) is 0.571. The van der Waals surface area contributed by atoms with Crippen LogP contribution in [0.15, 0.2) is 21.6 Å². The Morgan fingerprint density at radius 2 is 2.00 bits per heavy atom. The number of carbonyl (C=O) groups is 2. The summed E-state index contributed by atoms with van der Waals surface area (Å²) in [6.07, 6.45) is 0.337. The summed E-state index contributed by atoms with van der Waals surface area (Å²) in [5.41, 5.74) is 0. The van der Waals surface area contributed by atoms with Gasteiger partial charge in [0.1, 0.15) is 0 Å². The van der Waals surface area contributed by atoms with E-state index in [-0.39, 0.29) is 24.8 Å². The highest BCUT2D eigenvalue weighted by Gasteiger charge is 2.25. The lowest BCUT2D eigenvalue weighted by atomic mass is 9.98. The van der Waals surface area contributed by atoms with Gasteiger partial charge in [-0.3, -0.25) is 4.79 Å². The van der Waals surface area contributed by atoms with Gasteiger partial charge in [-0.05, 0) is 31.4 Å². The zero-order valence-electron chi connectivity index (χ0n) is 13.2. The van der Waals surface area contributed by atoms with E-state index >= 15 is 0 Å². The average Bonchev–Trinajstić information content (AvgIpc) is 2.93. The zero-order chi connectivity index (χ0) is 17.6. The molecule has 0 radical (unpaired) electrons. The molecule has 23 heavy (non-hydrogen) atoms. The maximum absolute atomic E-state index is 12.1. The molecule has 8 nitrogen and oxygen atoms in total. The first kappa shape index (κ1) is 19.2. The highest BCUT2D eigenvalue weighted by Crippen LogP contribution is 2.16. The van der Waals surface area contributed by atoms with Gasteiger partial charge in [0.2, 0.25) is 10.9 Å². The van der Waals surface area contributed by atoms with Crippen LogP contribution in [0.5, 0.6) is 0 Å². The minimum absolute atomic E-state index is 0.111. The van der Waals surface area contributed by atoms with Gasteiger partial charge in [0.05, 0.1) is 12.5 Å². The summed E-state index contributed by atoms with van der Waals surface area (Å²) >= 11 is 0. The molecule has 1 aromatic heterocycles. The van der Waals surface area contributed by atoms with Gasteiger partial charge in [0.25, 0.3) is 10.0 Å². The molecule has 130 valence electrons. The Labute approximate surface area is 134 Å². The van der Waals surface area contributed by atoms with Crippen molar-refractivity contribution in [2.24, 2.45) is 11.8 Å². The van der Waals surface area contributed by atoms with E-state index in [1.807, 2.05) is 13.8 Å². The fourth-order valence-corrected chi connectivity index (χ4v) is 2.91. The van der Waals surface area contributed by atoms with Crippen molar-refractivity contribution in [3.8, 4) is 0 Å². The van der Waals surface area contributed by atoms with Crippen molar-refractivity contribution in [1.29, 1.82) is 0 Å². The highest BCUT2D eigenvalue weighted by molar-refractivity contribution is 7.89. The van der Waals surface area contributed by atoms with Crippen LogP contribution in [0.25, 0.3) is 0 Å². The Hall–Kier alpha value is -1.87. The van der Waals surface area contributed by atoms with Gasteiger partial charge in [-0.25, -0.2) is 17.9 Å². The van der Waals surface area contributed by atoms with Crippen LogP contribution < -0.4 is 4.72 Å². The maximum atomic E-state index is 12.1. The third kappa shape index (κ3) is 5.68. The summed E-state index contributed by atoms with van der Waals surface area (Å²) in [5, 5.41) is 8.64. The van der Waals surface area contributed by atoms with Crippen LogP contribution >= 0.6 is 0 Å². The van der Waals surface area contributed by atoms with Crippen molar-refractivity contribution in [2.75, 3.05) is 13.2 Å². The standard InChI is InChI=1S/C14H21NO7S/c1-4-21-14(18)11-5-6-12(22-11)23(19,20)15-8-10(13(16)17)7-9(2)3/h5-6,9-10,15H,4,7-8H2,1-3H3,(H,16,17). The lowest BCUT2D eigenvalue weighted by molar-refractivity contribution is -0.142. The van der Waals surface area contributed by atoms with Crippen molar-refractivity contribution in [2.45, 2.75) is 32.3 Å². The van der Waals surface area contributed by atoms with Gasteiger partial charge in [-0.1, -0.05) is 13.8 Å². The second kappa shape index (κ2) is 8.11. The topological polar surface area (TPSA) is 123 Å². The van der Waals surface area contributed by atoms with Gasteiger partial charge in [-0.15, -0.1) is 0 Å². The van der Waals surface area contributed by atoms with Crippen LogP contribution in [0.2, 0.25) is 0 Å². The number of sulfonamides is 1. The van der Waals surface area contributed by atoms with Gasteiger partial charge in [0, 0.05) is 6.54 Å². The Bertz CT molecular complexity index is 648. The molecule has 0 saturated carbocycles. The van der Waals surface area contributed by atoms with Crippen LogP contribution in [0.3, 0.4) is 0 Å². The van der Waals surface area contributed by atoms with Crippen molar-refractivity contribution in [3.63, 3.8) is 0 Å². The minimum Gasteiger partial charge on any atom is -0.481 e. The number of esters is 1. The molecule has 0 amide bonds. The predicted octanol–water partition coefficient (Wildman–Crippen LogP) is 1.48. The molecular weight excluding hydrogens is 326 g/mol. The molecule has 9 heteroatoms. The number of furan rings is 1. The van der Waals surface area contributed by atoms with E-state index in [2.05, 4.69) is 4.72 Å². The molecule has 1 aromatic rings. The number of rotatable bonds is 9. The van der Waals surface area contributed by atoms with E-state index in [4.69, 9.17) is 14.3 Å². The average molecular weight is 347 g/mol. The van der Waals surface area contributed by atoms with Gasteiger partial charge in [-0.2, -0.15) is 0 Å². The Kier molecular flexibility index (Phi) is 6.77. The van der Waals surface area contributed by atoms with Crippen LogP contribution in [-0.2, 0) is 19.6 Å². The lowest BCUT2D eigenvalue weighted by Gasteiger charge is -2.14. The van der Waals surface area contributed by atoms with Crippen molar-refractivity contribution < 1.29 is 32.3 Å². The molecule has 1 atom stereocenters. The number of hydrogen-bond acceptors (Lipinski definition) is 6. The molecule has 0 aromatic carbocycles. The second-order valence-corrected chi connectivity index (χ2v) is 7.05. The predicted molar refractivity (Wildman–Crippen MR) is 80.4 cm³/mol. The molecule has 2 N–H and O–H groups in total. The van der Waals surface area contributed by atoms with E-state index in [1.165, 1.54) is 6.07 Å². The molecule has 0 fully saturated rings. The van der Waals surface area contributed by atoms with Crippen molar-refractivity contribution in [1.82, 2.24) is 4.72 Å². The summed E-state index contributed by atoms with van der Waals surface area (Å²) < 4.78 is 36.0. The molecule has 0 aliphatic rings. The minimum atomic E-state index is -4.04. The van der Waals surface area contributed by atoms with Crippen molar-refractivity contribution in [3.05, 3.63) is 17.9 Å². The van der Waals surface area contributed by atoms with E-state index in [0.29, 0.717) is 6.42 Å². The molecule has 1 heterocycles. The number of carboxylic acid groups (broad SMARTS) is 1. The van der Waals surface area contributed by atoms with E-state index in [0.717, 1.165) is 6.07 Å². The Balaban J connectivity index is 2.79. The SMILES string of the molecule is CCOC(=O)c1ccc(S(=O)(=O)NCC(CC(C)C)C(=O)O)o1. The summed E-state index contributed by atoms with van der Waals surface area (Å²) in [6.45, 7) is 5.19. The Morgan fingerprint density at radius 3 is 2.52 bits per heavy atom. The number of nitrogens with one attached hydrogen (secondary N) is 1.